The average molecular weight is 484 g/mol. The van der Waals surface area contributed by atoms with Crippen LogP contribution in [0.5, 0.6) is 17.2 Å². The molecule has 1 unspecified atom stereocenters. The first-order valence-corrected chi connectivity index (χ1v) is 11.4. The van der Waals surface area contributed by atoms with Crippen LogP contribution >= 0.6 is 0 Å². The van der Waals surface area contributed by atoms with E-state index in [2.05, 4.69) is 10.2 Å². The molecule has 1 aromatic heterocycles. The molecule has 2 aromatic carbocycles. The molecular weight excluding hydrogens is 453 g/mol. The van der Waals surface area contributed by atoms with Crippen LogP contribution < -0.4 is 24.4 Å². The molecule has 1 fully saturated rings. The lowest BCUT2D eigenvalue weighted by atomic mass is 10.1. The van der Waals surface area contributed by atoms with E-state index in [0.717, 1.165) is 5.76 Å². The molecule has 1 aliphatic rings. The van der Waals surface area contributed by atoms with Gasteiger partial charge in [0, 0.05) is 38.3 Å². The fourth-order valence-corrected chi connectivity index (χ4v) is 4.38. The molecule has 0 spiro atoms. The molecule has 0 aliphatic carbocycles. The summed E-state index contributed by atoms with van der Waals surface area (Å²) in [6.07, 6.45) is 1.62. The predicted octanol–water partition coefficient (Wildman–Crippen LogP) is 3.74. The molecule has 1 amide bonds. The Labute approximate surface area is 204 Å². The fraction of sp³-hybridized carbons (Fsp3) is 0.346. The summed E-state index contributed by atoms with van der Waals surface area (Å²) in [6.45, 7) is 3.06. The van der Waals surface area contributed by atoms with E-state index >= 15 is 0 Å². The van der Waals surface area contributed by atoms with Gasteiger partial charge in [-0.15, -0.1) is 0 Å². The van der Waals surface area contributed by atoms with Crippen LogP contribution in [-0.2, 0) is 0 Å². The van der Waals surface area contributed by atoms with Crippen LogP contribution in [0.3, 0.4) is 0 Å². The van der Waals surface area contributed by atoms with Gasteiger partial charge in [0.25, 0.3) is 5.91 Å². The van der Waals surface area contributed by atoms with Gasteiger partial charge < -0.3 is 28.8 Å². The van der Waals surface area contributed by atoms with Crippen molar-refractivity contribution in [3.05, 3.63) is 71.9 Å². The van der Waals surface area contributed by atoms with Gasteiger partial charge in [-0.25, -0.2) is 4.39 Å². The zero-order valence-electron chi connectivity index (χ0n) is 20.1. The number of nitrogens with zero attached hydrogens (tertiary/aromatic N) is 2. The van der Waals surface area contributed by atoms with E-state index in [-0.39, 0.29) is 17.8 Å². The molecule has 0 radical (unpaired) electrons. The number of ether oxygens (including phenoxy) is 3. The molecule has 1 N–H and O–H groups in total. The number of carbonyl (C=O) groups is 1. The Morgan fingerprint density at radius 2 is 1.69 bits per heavy atom. The first kappa shape index (κ1) is 24.4. The smallest absolute Gasteiger partial charge is 0.251 e. The lowest BCUT2D eigenvalue weighted by Crippen LogP contribution is -2.50. The Kier molecular flexibility index (Phi) is 7.77. The van der Waals surface area contributed by atoms with Gasteiger partial charge in [0.2, 0.25) is 5.75 Å². The van der Waals surface area contributed by atoms with Crippen LogP contribution in [0.4, 0.5) is 10.1 Å². The molecule has 8 nitrogen and oxygen atoms in total. The molecule has 1 atom stereocenters. The summed E-state index contributed by atoms with van der Waals surface area (Å²) in [6, 6.07) is 13.6. The third kappa shape index (κ3) is 5.35. The third-order valence-corrected chi connectivity index (χ3v) is 6.20. The highest BCUT2D eigenvalue weighted by Crippen LogP contribution is 2.38. The van der Waals surface area contributed by atoms with Crippen molar-refractivity contribution in [2.24, 2.45) is 0 Å². The SMILES string of the molecule is COc1cc(C(=O)NCC(c2ccco2)N2CCN(c3ccccc3F)CC2)cc(OC)c1OC. The van der Waals surface area contributed by atoms with Crippen LogP contribution in [0.1, 0.15) is 22.2 Å². The largest absolute Gasteiger partial charge is 0.493 e. The van der Waals surface area contributed by atoms with Crippen molar-refractivity contribution in [1.29, 1.82) is 0 Å². The maximum absolute atomic E-state index is 14.2. The summed E-state index contributed by atoms with van der Waals surface area (Å²) in [5.74, 6) is 1.50. The summed E-state index contributed by atoms with van der Waals surface area (Å²) >= 11 is 0. The van der Waals surface area contributed by atoms with E-state index in [1.807, 2.05) is 23.1 Å². The summed E-state index contributed by atoms with van der Waals surface area (Å²) in [7, 11) is 4.53. The Bertz CT molecular complexity index is 1100. The quantitative estimate of drug-likeness (QED) is 0.497. The second-order valence-corrected chi connectivity index (χ2v) is 8.13. The number of anilines is 1. The van der Waals surface area contributed by atoms with Crippen LogP contribution in [0, 0.1) is 5.82 Å². The second-order valence-electron chi connectivity index (χ2n) is 8.13. The Morgan fingerprint density at radius 1 is 1.00 bits per heavy atom. The molecule has 1 aliphatic heterocycles. The fourth-order valence-electron chi connectivity index (χ4n) is 4.38. The van der Waals surface area contributed by atoms with E-state index in [0.29, 0.717) is 61.2 Å². The second kappa shape index (κ2) is 11.1. The molecule has 186 valence electrons. The van der Waals surface area contributed by atoms with Gasteiger partial charge in [-0.1, -0.05) is 12.1 Å². The Morgan fingerprint density at radius 3 is 2.26 bits per heavy atom. The molecule has 1 saturated heterocycles. The first-order valence-electron chi connectivity index (χ1n) is 11.4. The molecule has 2 heterocycles. The molecule has 0 saturated carbocycles. The van der Waals surface area contributed by atoms with Crippen LogP contribution in [0.2, 0.25) is 0 Å². The Balaban J connectivity index is 1.46. The summed E-state index contributed by atoms with van der Waals surface area (Å²) in [5.41, 5.74) is 1.000. The summed E-state index contributed by atoms with van der Waals surface area (Å²) in [5, 5.41) is 3.01. The van der Waals surface area contributed by atoms with Gasteiger partial charge in [-0.3, -0.25) is 9.69 Å². The van der Waals surface area contributed by atoms with Crippen molar-refractivity contribution in [2.75, 3.05) is 59.0 Å². The minimum Gasteiger partial charge on any atom is -0.493 e. The molecule has 4 rings (SSSR count). The zero-order valence-corrected chi connectivity index (χ0v) is 20.1. The maximum Gasteiger partial charge on any atom is 0.251 e. The lowest BCUT2D eigenvalue weighted by Gasteiger charge is -2.39. The predicted molar refractivity (Wildman–Crippen MR) is 130 cm³/mol. The maximum atomic E-state index is 14.2. The number of rotatable bonds is 9. The number of halogens is 1. The van der Waals surface area contributed by atoms with Crippen LogP contribution in [0.15, 0.2) is 59.2 Å². The topological polar surface area (TPSA) is 76.4 Å². The average Bonchev–Trinajstić information content (AvgIpc) is 3.43. The van der Waals surface area contributed by atoms with Gasteiger partial charge in [0.1, 0.15) is 11.6 Å². The summed E-state index contributed by atoms with van der Waals surface area (Å²) in [4.78, 5) is 17.3. The molecular formula is C26H30FN3O5. The zero-order chi connectivity index (χ0) is 24.8. The van der Waals surface area contributed by atoms with Crippen LogP contribution in [0.25, 0.3) is 0 Å². The Hall–Kier alpha value is -3.72. The standard InChI is InChI=1S/C26H30FN3O5/c1-32-23-15-18(16-24(33-2)25(23)34-3)26(31)28-17-21(22-9-6-14-35-22)30-12-10-29(11-13-30)20-8-5-4-7-19(20)27/h4-9,14-16,21H,10-13,17H2,1-3H3,(H,28,31). The molecule has 3 aromatic rings. The first-order chi connectivity index (χ1) is 17.0. The highest BCUT2D eigenvalue weighted by Gasteiger charge is 2.28. The van der Waals surface area contributed by atoms with E-state index in [4.69, 9.17) is 18.6 Å². The highest BCUT2D eigenvalue weighted by atomic mass is 19.1. The minimum absolute atomic E-state index is 0.168. The van der Waals surface area contributed by atoms with E-state index in [1.54, 1.807) is 30.5 Å². The number of benzene rings is 2. The number of carbonyl (C=O) groups excluding carboxylic acids is 1. The van der Waals surface area contributed by atoms with Gasteiger partial charge in [0.15, 0.2) is 11.5 Å². The van der Waals surface area contributed by atoms with Crippen molar-refractivity contribution in [3.63, 3.8) is 0 Å². The normalized spacial score (nSPS) is 14.9. The van der Waals surface area contributed by atoms with E-state index in [1.165, 1.54) is 27.4 Å². The van der Waals surface area contributed by atoms with Crippen LogP contribution in [-0.4, -0.2) is 64.9 Å². The van der Waals surface area contributed by atoms with Crippen molar-refractivity contribution >= 4 is 11.6 Å². The molecule has 0 bridgehead atoms. The third-order valence-electron chi connectivity index (χ3n) is 6.20. The number of piperazine rings is 1. The van der Waals surface area contributed by atoms with Gasteiger partial charge >= 0.3 is 0 Å². The lowest BCUT2D eigenvalue weighted by molar-refractivity contribution is 0.0922. The van der Waals surface area contributed by atoms with Gasteiger partial charge in [-0.05, 0) is 36.4 Å². The van der Waals surface area contributed by atoms with Crippen molar-refractivity contribution in [3.8, 4) is 17.2 Å². The van der Waals surface area contributed by atoms with E-state index in [9.17, 15) is 9.18 Å². The number of methoxy groups -OCH3 is 3. The number of hydrogen-bond acceptors (Lipinski definition) is 7. The molecule has 35 heavy (non-hydrogen) atoms. The monoisotopic (exact) mass is 483 g/mol. The summed E-state index contributed by atoms with van der Waals surface area (Å²) < 4.78 is 36.0. The van der Waals surface area contributed by atoms with Crippen molar-refractivity contribution in [1.82, 2.24) is 10.2 Å². The number of nitrogens with one attached hydrogen (secondary N) is 1. The minimum atomic E-state index is -0.272. The van der Waals surface area contributed by atoms with Gasteiger partial charge in [-0.2, -0.15) is 0 Å². The molecule has 9 heteroatoms. The number of para-hydroxylation sites is 1. The van der Waals surface area contributed by atoms with Gasteiger partial charge in [0.05, 0.1) is 39.3 Å². The van der Waals surface area contributed by atoms with Crippen molar-refractivity contribution in [2.45, 2.75) is 6.04 Å². The highest BCUT2D eigenvalue weighted by molar-refractivity contribution is 5.95. The number of furan rings is 1. The number of hydrogen-bond donors (Lipinski definition) is 1. The van der Waals surface area contributed by atoms with E-state index < -0.39 is 0 Å². The number of amides is 1. The van der Waals surface area contributed by atoms with Crippen molar-refractivity contribution < 1.29 is 27.8 Å².